The maximum Gasteiger partial charge on any atom is 0.00965 e. The van der Waals surface area contributed by atoms with Crippen molar-refractivity contribution in [3.05, 3.63) is 0 Å². The summed E-state index contributed by atoms with van der Waals surface area (Å²) in [6, 6.07) is 0. The van der Waals surface area contributed by atoms with Gasteiger partial charge in [-0.3, -0.25) is 0 Å². The topological polar surface area (TPSA) is 12.0 Å². The summed E-state index contributed by atoms with van der Waals surface area (Å²) in [4.78, 5) is 0. The smallest absolute Gasteiger partial charge is 0.00965 e. The maximum absolute atomic E-state index is 3.48. The largest absolute Gasteiger partial charge is 0.312 e. The first kappa shape index (κ1) is 11.0. The van der Waals surface area contributed by atoms with Crippen LogP contribution in [-0.2, 0) is 0 Å². The standard InChI is InChI=1S/C10H23N/c1-5-6-7-8-9-11-10(2,3)4/h11H,5-9H2,1-4H3. The predicted molar refractivity (Wildman–Crippen MR) is 51.9 cm³/mol. The Morgan fingerprint density at radius 3 is 2.09 bits per heavy atom. The van der Waals surface area contributed by atoms with Crippen LogP contribution in [0.3, 0.4) is 0 Å². The SMILES string of the molecule is CCCCCCNC(C)(C)C. The van der Waals surface area contributed by atoms with E-state index in [2.05, 4.69) is 33.0 Å². The van der Waals surface area contributed by atoms with Crippen LogP contribution in [0.2, 0.25) is 0 Å². The Labute approximate surface area is 71.6 Å². The van der Waals surface area contributed by atoms with Gasteiger partial charge in [0.15, 0.2) is 0 Å². The van der Waals surface area contributed by atoms with Crippen molar-refractivity contribution >= 4 is 0 Å². The third kappa shape index (κ3) is 9.96. The zero-order valence-corrected chi connectivity index (χ0v) is 8.54. The van der Waals surface area contributed by atoms with E-state index in [-0.39, 0.29) is 0 Å². The highest BCUT2D eigenvalue weighted by atomic mass is 14.9. The molecular formula is C10H23N. The van der Waals surface area contributed by atoms with Crippen molar-refractivity contribution in [3.63, 3.8) is 0 Å². The fourth-order valence-corrected chi connectivity index (χ4v) is 1.02. The molecule has 0 heterocycles. The third-order valence-electron chi connectivity index (χ3n) is 1.69. The van der Waals surface area contributed by atoms with Crippen molar-refractivity contribution in [1.29, 1.82) is 0 Å². The minimum atomic E-state index is 0.298. The van der Waals surface area contributed by atoms with Gasteiger partial charge in [-0.2, -0.15) is 0 Å². The molecule has 0 unspecified atom stereocenters. The zero-order valence-electron chi connectivity index (χ0n) is 8.54. The molecule has 1 heteroatoms. The molecule has 0 bridgehead atoms. The van der Waals surface area contributed by atoms with Gasteiger partial charge in [0.05, 0.1) is 0 Å². The van der Waals surface area contributed by atoms with E-state index in [0.717, 1.165) is 0 Å². The summed E-state index contributed by atoms with van der Waals surface area (Å²) in [5, 5.41) is 3.48. The highest BCUT2D eigenvalue weighted by Crippen LogP contribution is 2.01. The highest BCUT2D eigenvalue weighted by molar-refractivity contribution is 4.69. The highest BCUT2D eigenvalue weighted by Gasteiger charge is 2.06. The summed E-state index contributed by atoms with van der Waals surface area (Å²) in [7, 11) is 0. The van der Waals surface area contributed by atoms with E-state index < -0.39 is 0 Å². The number of nitrogens with one attached hydrogen (secondary N) is 1. The van der Waals surface area contributed by atoms with Gasteiger partial charge in [0.2, 0.25) is 0 Å². The van der Waals surface area contributed by atoms with Crippen LogP contribution in [0.1, 0.15) is 53.4 Å². The van der Waals surface area contributed by atoms with Crippen molar-refractivity contribution in [2.24, 2.45) is 0 Å². The van der Waals surface area contributed by atoms with Crippen molar-refractivity contribution in [2.75, 3.05) is 6.54 Å². The Hall–Kier alpha value is -0.0400. The second-order valence-electron chi connectivity index (χ2n) is 4.24. The zero-order chi connectivity index (χ0) is 8.74. The first-order valence-electron chi connectivity index (χ1n) is 4.81. The predicted octanol–water partition coefficient (Wildman–Crippen LogP) is 2.95. The van der Waals surface area contributed by atoms with Crippen LogP contribution in [0.25, 0.3) is 0 Å². The third-order valence-corrected chi connectivity index (χ3v) is 1.69. The maximum atomic E-state index is 3.48. The summed E-state index contributed by atoms with van der Waals surface area (Å²) in [5.74, 6) is 0. The molecule has 68 valence electrons. The van der Waals surface area contributed by atoms with Crippen LogP contribution in [0.5, 0.6) is 0 Å². The summed E-state index contributed by atoms with van der Waals surface area (Å²) in [5.41, 5.74) is 0.298. The normalized spacial score (nSPS) is 12.0. The van der Waals surface area contributed by atoms with E-state index in [1.165, 1.54) is 32.2 Å². The summed E-state index contributed by atoms with van der Waals surface area (Å²) < 4.78 is 0. The monoisotopic (exact) mass is 157 g/mol. The van der Waals surface area contributed by atoms with Crippen molar-refractivity contribution < 1.29 is 0 Å². The molecule has 0 amide bonds. The molecule has 11 heavy (non-hydrogen) atoms. The second-order valence-corrected chi connectivity index (χ2v) is 4.24. The molecule has 0 aliphatic carbocycles. The Morgan fingerprint density at radius 2 is 1.64 bits per heavy atom. The molecule has 0 aliphatic heterocycles. The van der Waals surface area contributed by atoms with Gasteiger partial charge in [0.25, 0.3) is 0 Å². The fourth-order valence-electron chi connectivity index (χ4n) is 1.02. The second kappa shape index (κ2) is 5.59. The Morgan fingerprint density at radius 1 is 1.00 bits per heavy atom. The van der Waals surface area contributed by atoms with Crippen LogP contribution in [0, 0.1) is 0 Å². The van der Waals surface area contributed by atoms with Crippen LogP contribution < -0.4 is 5.32 Å². The molecule has 0 aromatic rings. The molecule has 0 aromatic carbocycles. The Balaban J connectivity index is 3.02. The minimum absolute atomic E-state index is 0.298. The Bertz CT molecular complexity index is 81.4. The van der Waals surface area contributed by atoms with Crippen LogP contribution >= 0.6 is 0 Å². The molecule has 0 aromatic heterocycles. The van der Waals surface area contributed by atoms with Gasteiger partial charge in [-0.15, -0.1) is 0 Å². The number of unbranched alkanes of at least 4 members (excludes halogenated alkanes) is 3. The van der Waals surface area contributed by atoms with Gasteiger partial charge in [-0.05, 0) is 33.7 Å². The average molecular weight is 157 g/mol. The van der Waals surface area contributed by atoms with Gasteiger partial charge >= 0.3 is 0 Å². The summed E-state index contributed by atoms with van der Waals surface area (Å²) in [6.45, 7) is 10.1. The molecule has 0 radical (unpaired) electrons. The Kier molecular flexibility index (Phi) is 5.57. The van der Waals surface area contributed by atoms with Gasteiger partial charge in [-0.25, -0.2) is 0 Å². The van der Waals surface area contributed by atoms with Gasteiger partial charge in [0.1, 0.15) is 0 Å². The van der Waals surface area contributed by atoms with E-state index >= 15 is 0 Å². The lowest BCUT2D eigenvalue weighted by atomic mass is 10.1. The molecule has 1 N–H and O–H groups in total. The van der Waals surface area contributed by atoms with Crippen LogP contribution in [-0.4, -0.2) is 12.1 Å². The molecule has 0 fully saturated rings. The van der Waals surface area contributed by atoms with E-state index in [4.69, 9.17) is 0 Å². The van der Waals surface area contributed by atoms with Crippen LogP contribution in [0.15, 0.2) is 0 Å². The first-order chi connectivity index (χ1) is 5.06. The van der Waals surface area contributed by atoms with Crippen molar-refractivity contribution in [1.82, 2.24) is 5.32 Å². The number of hydrogen-bond acceptors (Lipinski definition) is 1. The first-order valence-corrected chi connectivity index (χ1v) is 4.81. The van der Waals surface area contributed by atoms with Gasteiger partial charge in [0, 0.05) is 5.54 Å². The van der Waals surface area contributed by atoms with E-state index in [1.807, 2.05) is 0 Å². The molecule has 0 saturated carbocycles. The molecule has 0 spiro atoms. The van der Waals surface area contributed by atoms with E-state index in [0.29, 0.717) is 5.54 Å². The van der Waals surface area contributed by atoms with Gasteiger partial charge in [-0.1, -0.05) is 26.2 Å². The number of rotatable bonds is 5. The molecule has 0 atom stereocenters. The summed E-state index contributed by atoms with van der Waals surface area (Å²) >= 11 is 0. The number of hydrogen-bond donors (Lipinski definition) is 1. The minimum Gasteiger partial charge on any atom is -0.312 e. The molecule has 0 aliphatic rings. The molecule has 0 rings (SSSR count). The lowest BCUT2D eigenvalue weighted by Gasteiger charge is -2.20. The quantitative estimate of drug-likeness (QED) is 0.605. The van der Waals surface area contributed by atoms with E-state index in [1.54, 1.807) is 0 Å². The summed E-state index contributed by atoms with van der Waals surface area (Å²) in [6.07, 6.45) is 5.41. The van der Waals surface area contributed by atoms with E-state index in [9.17, 15) is 0 Å². The van der Waals surface area contributed by atoms with Crippen LogP contribution in [0.4, 0.5) is 0 Å². The van der Waals surface area contributed by atoms with Crippen molar-refractivity contribution in [3.8, 4) is 0 Å². The molecule has 1 nitrogen and oxygen atoms in total. The average Bonchev–Trinajstić information content (AvgIpc) is 1.85. The lowest BCUT2D eigenvalue weighted by Crippen LogP contribution is -2.36. The molecular weight excluding hydrogens is 134 g/mol. The lowest BCUT2D eigenvalue weighted by molar-refractivity contribution is 0.416. The molecule has 0 saturated heterocycles. The van der Waals surface area contributed by atoms with Crippen molar-refractivity contribution in [2.45, 2.75) is 58.9 Å². The fraction of sp³-hybridized carbons (Fsp3) is 1.00. The van der Waals surface area contributed by atoms with Gasteiger partial charge < -0.3 is 5.32 Å².